The van der Waals surface area contributed by atoms with E-state index in [0.717, 1.165) is 24.8 Å². The molecular formula is C19H24N2O. The molecule has 0 amide bonds. The van der Waals surface area contributed by atoms with Crippen molar-refractivity contribution in [3.8, 4) is 5.75 Å². The molecule has 0 radical (unpaired) electrons. The molecule has 2 aromatic carbocycles. The van der Waals surface area contributed by atoms with Gasteiger partial charge in [0.05, 0.1) is 7.11 Å². The molecule has 2 aromatic rings. The van der Waals surface area contributed by atoms with E-state index in [0.29, 0.717) is 6.04 Å². The third-order valence-corrected chi connectivity index (χ3v) is 5.03. The van der Waals surface area contributed by atoms with Crippen molar-refractivity contribution >= 4 is 10.8 Å². The van der Waals surface area contributed by atoms with Crippen LogP contribution in [0.3, 0.4) is 0 Å². The van der Waals surface area contributed by atoms with Crippen molar-refractivity contribution in [3.63, 3.8) is 0 Å². The van der Waals surface area contributed by atoms with E-state index in [1.54, 1.807) is 7.11 Å². The zero-order chi connectivity index (χ0) is 14.9. The topological polar surface area (TPSA) is 24.5 Å². The highest BCUT2D eigenvalue weighted by Gasteiger charge is 2.36. The first kappa shape index (κ1) is 14.0. The van der Waals surface area contributed by atoms with Gasteiger partial charge in [0.1, 0.15) is 5.75 Å². The van der Waals surface area contributed by atoms with Gasteiger partial charge in [0.25, 0.3) is 0 Å². The van der Waals surface area contributed by atoms with Crippen molar-refractivity contribution in [2.75, 3.05) is 33.3 Å². The molecule has 3 nitrogen and oxygen atoms in total. The van der Waals surface area contributed by atoms with Crippen LogP contribution in [-0.4, -0.2) is 38.2 Å². The van der Waals surface area contributed by atoms with Gasteiger partial charge in [-0.1, -0.05) is 18.2 Å². The fourth-order valence-corrected chi connectivity index (χ4v) is 3.71. The zero-order valence-corrected chi connectivity index (χ0v) is 13.2. The highest BCUT2D eigenvalue weighted by Crippen LogP contribution is 2.45. The summed E-state index contributed by atoms with van der Waals surface area (Å²) in [6.07, 6.45) is 2.77. The van der Waals surface area contributed by atoms with Gasteiger partial charge in [0.15, 0.2) is 0 Å². The minimum atomic E-state index is 0.605. The summed E-state index contributed by atoms with van der Waals surface area (Å²) in [6, 6.07) is 13.9. The molecule has 1 saturated heterocycles. The molecule has 4 rings (SSSR count). The maximum atomic E-state index is 5.33. The number of rotatable bonds is 4. The lowest BCUT2D eigenvalue weighted by Crippen LogP contribution is -2.45. The summed E-state index contributed by atoms with van der Waals surface area (Å²) >= 11 is 0. The summed E-state index contributed by atoms with van der Waals surface area (Å²) < 4.78 is 5.33. The predicted molar refractivity (Wildman–Crippen MR) is 90.4 cm³/mol. The van der Waals surface area contributed by atoms with Crippen molar-refractivity contribution in [2.45, 2.75) is 18.9 Å². The van der Waals surface area contributed by atoms with E-state index >= 15 is 0 Å². The van der Waals surface area contributed by atoms with E-state index in [4.69, 9.17) is 4.74 Å². The smallest absolute Gasteiger partial charge is 0.119 e. The average Bonchev–Trinajstić information content (AvgIpc) is 3.40. The lowest BCUT2D eigenvalue weighted by molar-refractivity contribution is 0.156. The van der Waals surface area contributed by atoms with Gasteiger partial charge in [-0.2, -0.15) is 0 Å². The van der Waals surface area contributed by atoms with Gasteiger partial charge in [0, 0.05) is 32.2 Å². The molecule has 0 spiro atoms. The van der Waals surface area contributed by atoms with Crippen LogP contribution in [0.25, 0.3) is 10.8 Å². The highest BCUT2D eigenvalue weighted by molar-refractivity contribution is 5.84. The second-order valence-corrected chi connectivity index (χ2v) is 6.54. The lowest BCUT2D eigenvalue weighted by Gasteiger charge is -2.35. The van der Waals surface area contributed by atoms with Crippen LogP contribution in [0, 0.1) is 5.92 Å². The van der Waals surface area contributed by atoms with E-state index in [2.05, 4.69) is 46.6 Å². The number of nitrogens with zero attached hydrogens (tertiary/aromatic N) is 1. The third-order valence-electron chi connectivity index (χ3n) is 5.03. The maximum absolute atomic E-state index is 5.33. The van der Waals surface area contributed by atoms with Crippen LogP contribution in [0.1, 0.15) is 24.4 Å². The van der Waals surface area contributed by atoms with Gasteiger partial charge in [-0.15, -0.1) is 0 Å². The Hall–Kier alpha value is -1.58. The molecule has 1 heterocycles. The van der Waals surface area contributed by atoms with Gasteiger partial charge in [-0.3, -0.25) is 4.90 Å². The van der Waals surface area contributed by atoms with Gasteiger partial charge < -0.3 is 10.1 Å². The minimum Gasteiger partial charge on any atom is -0.497 e. The van der Waals surface area contributed by atoms with Crippen molar-refractivity contribution in [3.05, 3.63) is 42.0 Å². The molecule has 116 valence electrons. The first-order valence-corrected chi connectivity index (χ1v) is 8.37. The van der Waals surface area contributed by atoms with Crippen LogP contribution in [0.15, 0.2) is 36.4 Å². The highest BCUT2D eigenvalue weighted by atomic mass is 16.5. The summed E-state index contributed by atoms with van der Waals surface area (Å²) in [4.78, 5) is 2.68. The fraction of sp³-hybridized carbons (Fsp3) is 0.474. The second-order valence-electron chi connectivity index (χ2n) is 6.54. The summed E-state index contributed by atoms with van der Waals surface area (Å²) in [5, 5.41) is 6.05. The van der Waals surface area contributed by atoms with Crippen LogP contribution in [0.5, 0.6) is 5.75 Å². The molecule has 1 aliphatic carbocycles. The molecule has 1 atom stereocenters. The average molecular weight is 296 g/mol. The summed E-state index contributed by atoms with van der Waals surface area (Å²) in [5.41, 5.74) is 1.49. The molecule has 0 bridgehead atoms. The number of ether oxygens (including phenoxy) is 1. The Morgan fingerprint density at radius 1 is 1.05 bits per heavy atom. The Balaban J connectivity index is 1.68. The number of piperazine rings is 1. The van der Waals surface area contributed by atoms with Gasteiger partial charge >= 0.3 is 0 Å². The first-order chi connectivity index (χ1) is 10.8. The molecule has 1 aliphatic heterocycles. The molecule has 3 heteroatoms. The van der Waals surface area contributed by atoms with Crippen molar-refractivity contribution in [2.24, 2.45) is 5.92 Å². The molecule has 0 aromatic heterocycles. The molecule has 1 saturated carbocycles. The largest absolute Gasteiger partial charge is 0.497 e. The Bertz CT molecular complexity index is 660. The van der Waals surface area contributed by atoms with E-state index in [1.807, 2.05) is 0 Å². The van der Waals surface area contributed by atoms with Gasteiger partial charge in [-0.05, 0) is 53.3 Å². The number of hydrogen-bond acceptors (Lipinski definition) is 3. The third kappa shape index (κ3) is 2.71. The van der Waals surface area contributed by atoms with E-state index in [1.165, 1.54) is 42.3 Å². The number of hydrogen-bond donors (Lipinski definition) is 1. The van der Waals surface area contributed by atoms with E-state index < -0.39 is 0 Å². The Labute approximate surface area is 132 Å². The number of methoxy groups -OCH3 is 1. The SMILES string of the molecule is COc1ccc2cc([C@@H](C3CC3)N3CCNCC3)ccc2c1. The molecule has 22 heavy (non-hydrogen) atoms. The second kappa shape index (κ2) is 5.90. The molecular weight excluding hydrogens is 272 g/mol. The van der Waals surface area contributed by atoms with Crippen molar-refractivity contribution in [1.29, 1.82) is 0 Å². The Kier molecular flexibility index (Phi) is 3.77. The maximum Gasteiger partial charge on any atom is 0.119 e. The summed E-state index contributed by atoms with van der Waals surface area (Å²) in [7, 11) is 1.73. The molecule has 0 unspecified atom stereocenters. The summed E-state index contributed by atoms with van der Waals surface area (Å²) in [5.74, 6) is 1.79. The van der Waals surface area contributed by atoms with E-state index in [-0.39, 0.29) is 0 Å². The molecule has 1 N–H and O–H groups in total. The first-order valence-electron chi connectivity index (χ1n) is 8.37. The van der Waals surface area contributed by atoms with Crippen LogP contribution < -0.4 is 10.1 Å². The van der Waals surface area contributed by atoms with Crippen molar-refractivity contribution in [1.82, 2.24) is 10.2 Å². The normalized spacial score (nSPS) is 21.0. The number of nitrogens with one attached hydrogen (secondary N) is 1. The number of benzene rings is 2. The Morgan fingerprint density at radius 2 is 1.77 bits per heavy atom. The van der Waals surface area contributed by atoms with Gasteiger partial charge in [0.2, 0.25) is 0 Å². The number of fused-ring (bicyclic) bond motifs is 1. The minimum absolute atomic E-state index is 0.605. The predicted octanol–water partition coefficient (Wildman–Crippen LogP) is 3.20. The van der Waals surface area contributed by atoms with Crippen LogP contribution >= 0.6 is 0 Å². The van der Waals surface area contributed by atoms with Crippen LogP contribution in [0.4, 0.5) is 0 Å². The monoisotopic (exact) mass is 296 g/mol. The van der Waals surface area contributed by atoms with Crippen LogP contribution in [-0.2, 0) is 0 Å². The van der Waals surface area contributed by atoms with Crippen molar-refractivity contribution < 1.29 is 4.74 Å². The quantitative estimate of drug-likeness (QED) is 0.937. The fourth-order valence-electron chi connectivity index (χ4n) is 3.71. The standard InChI is InChI=1S/C19H24N2O/c1-22-18-7-6-15-12-17(5-4-16(15)13-18)19(14-2-3-14)21-10-8-20-9-11-21/h4-7,12-14,19-20H,2-3,8-11H2,1H3/t19-/m1/s1. The molecule has 2 fully saturated rings. The summed E-state index contributed by atoms with van der Waals surface area (Å²) in [6.45, 7) is 4.58. The molecule has 2 aliphatic rings. The lowest BCUT2D eigenvalue weighted by atomic mass is 9.96. The van der Waals surface area contributed by atoms with Gasteiger partial charge in [-0.25, -0.2) is 0 Å². The Morgan fingerprint density at radius 3 is 2.50 bits per heavy atom. The zero-order valence-electron chi connectivity index (χ0n) is 13.2. The van der Waals surface area contributed by atoms with E-state index in [9.17, 15) is 0 Å². The van der Waals surface area contributed by atoms with Crippen LogP contribution in [0.2, 0.25) is 0 Å².